The van der Waals surface area contributed by atoms with Crippen LogP contribution in [-0.2, 0) is 9.53 Å². The number of amides is 1. The van der Waals surface area contributed by atoms with Crippen molar-refractivity contribution >= 4 is 11.9 Å². The first-order chi connectivity index (χ1) is 13.1. The Hall–Kier alpha value is -1.80. The fourth-order valence-corrected chi connectivity index (χ4v) is 4.74. The number of aliphatic hydroxyl groups is 1. The van der Waals surface area contributed by atoms with Crippen LogP contribution in [-0.4, -0.2) is 71.4 Å². The molecule has 3 aliphatic heterocycles. The molecule has 1 N–H and O–H groups in total. The van der Waals surface area contributed by atoms with Gasteiger partial charge in [0.25, 0.3) is 0 Å². The molecule has 27 heavy (non-hydrogen) atoms. The molecule has 3 aliphatic rings. The van der Waals surface area contributed by atoms with Crippen LogP contribution in [0.4, 0.5) is 10.3 Å². The highest BCUT2D eigenvalue weighted by molar-refractivity contribution is 5.79. The Kier molecular flexibility index (Phi) is 5.27. The smallest absolute Gasteiger partial charge is 0.225 e. The molecule has 1 spiro atoms. The van der Waals surface area contributed by atoms with Crippen LogP contribution < -0.4 is 4.90 Å². The van der Waals surface area contributed by atoms with Crippen LogP contribution in [0, 0.1) is 17.2 Å². The van der Waals surface area contributed by atoms with Crippen LogP contribution in [0.1, 0.15) is 32.1 Å². The summed E-state index contributed by atoms with van der Waals surface area (Å²) in [7, 11) is 0. The maximum atomic E-state index is 13.1. The average Bonchev–Trinajstić information content (AvgIpc) is 2.71. The molecule has 4 rings (SSSR count). The first kappa shape index (κ1) is 18.6. The van der Waals surface area contributed by atoms with Gasteiger partial charge in [-0.15, -0.1) is 0 Å². The van der Waals surface area contributed by atoms with Crippen molar-refractivity contribution in [2.45, 2.75) is 38.2 Å². The van der Waals surface area contributed by atoms with Gasteiger partial charge in [-0.25, -0.2) is 14.4 Å². The van der Waals surface area contributed by atoms with Crippen molar-refractivity contribution < 1.29 is 19.0 Å². The maximum absolute atomic E-state index is 13.1. The molecule has 1 aromatic heterocycles. The Morgan fingerprint density at radius 1 is 1.19 bits per heavy atom. The molecular weight excluding hydrogens is 351 g/mol. The highest BCUT2D eigenvalue weighted by Crippen LogP contribution is 2.40. The van der Waals surface area contributed by atoms with Crippen molar-refractivity contribution in [3.05, 3.63) is 18.2 Å². The van der Waals surface area contributed by atoms with Gasteiger partial charge < -0.3 is 19.6 Å². The van der Waals surface area contributed by atoms with Gasteiger partial charge in [-0.05, 0) is 32.1 Å². The first-order valence-electron chi connectivity index (χ1n) is 9.84. The largest absolute Gasteiger partial charge is 0.392 e. The molecule has 3 saturated heterocycles. The molecule has 3 fully saturated rings. The molecule has 0 radical (unpaired) electrons. The molecular formula is C19H27FN4O3. The topological polar surface area (TPSA) is 78.8 Å². The molecule has 0 aliphatic carbocycles. The van der Waals surface area contributed by atoms with Gasteiger partial charge in [-0.3, -0.25) is 4.79 Å². The van der Waals surface area contributed by atoms with E-state index in [1.165, 1.54) is 12.4 Å². The Morgan fingerprint density at radius 3 is 2.67 bits per heavy atom. The highest BCUT2D eigenvalue weighted by Gasteiger charge is 2.47. The third kappa shape index (κ3) is 3.78. The van der Waals surface area contributed by atoms with E-state index in [9.17, 15) is 14.3 Å². The zero-order chi connectivity index (χ0) is 18.9. The van der Waals surface area contributed by atoms with Crippen molar-refractivity contribution in [1.82, 2.24) is 14.9 Å². The van der Waals surface area contributed by atoms with Crippen LogP contribution in [0.15, 0.2) is 12.4 Å². The minimum atomic E-state index is -0.462. The van der Waals surface area contributed by atoms with E-state index in [2.05, 4.69) is 9.97 Å². The van der Waals surface area contributed by atoms with Gasteiger partial charge in [0, 0.05) is 50.7 Å². The molecule has 2 atom stereocenters. The summed E-state index contributed by atoms with van der Waals surface area (Å²) < 4.78 is 18.5. The second kappa shape index (κ2) is 7.67. The Bertz CT molecular complexity index is 667. The van der Waals surface area contributed by atoms with E-state index < -0.39 is 11.9 Å². The van der Waals surface area contributed by atoms with E-state index in [0.29, 0.717) is 45.2 Å². The van der Waals surface area contributed by atoms with Gasteiger partial charge in [0.05, 0.1) is 18.5 Å². The molecule has 8 heteroatoms. The number of hydrogen-bond donors (Lipinski definition) is 1. The van der Waals surface area contributed by atoms with Crippen LogP contribution in [0.5, 0.6) is 0 Å². The van der Waals surface area contributed by atoms with Gasteiger partial charge in [-0.1, -0.05) is 0 Å². The number of carbonyl (C=O) groups is 1. The second-order valence-corrected chi connectivity index (χ2v) is 8.04. The fourth-order valence-electron chi connectivity index (χ4n) is 4.74. The van der Waals surface area contributed by atoms with Gasteiger partial charge in [0.1, 0.15) is 0 Å². The minimum absolute atomic E-state index is 0.0335. The fraction of sp³-hybridized carbons (Fsp3) is 0.737. The van der Waals surface area contributed by atoms with Crippen molar-refractivity contribution in [3.63, 3.8) is 0 Å². The van der Waals surface area contributed by atoms with Gasteiger partial charge in [0.15, 0.2) is 5.82 Å². The zero-order valence-corrected chi connectivity index (χ0v) is 15.5. The molecule has 0 aromatic carbocycles. The van der Waals surface area contributed by atoms with Crippen LogP contribution in [0.25, 0.3) is 0 Å². The van der Waals surface area contributed by atoms with Crippen molar-refractivity contribution in [1.29, 1.82) is 0 Å². The van der Waals surface area contributed by atoms with Crippen LogP contribution in [0.2, 0.25) is 0 Å². The molecule has 4 heterocycles. The summed E-state index contributed by atoms with van der Waals surface area (Å²) in [5, 5.41) is 10.8. The van der Waals surface area contributed by atoms with Gasteiger partial charge >= 0.3 is 0 Å². The van der Waals surface area contributed by atoms with Crippen molar-refractivity contribution in [2.75, 3.05) is 44.3 Å². The number of nitrogens with zero attached hydrogens (tertiary/aromatic N) is 4. The van der Waals surface area contributed by atoms with Gasteiger partial charge in [0.2, 0.25) is 11.9 Å². The van der Waals surface area contributed by atoms with Crippen LogP contribution >= 0.6 is 0 Å². The number of halogens is 1. The monoisotopic (exact) mass is 378 g/mol. The van der Waals surface area contributed by atoms with Crippen LogP contribution in [0.3, 0.4) is 0 Å². The summed E-state index contributed by atoms with van der Waals surface area (Å²) in [4.78, 5) is 25.1. The van der Waals surface area contributed by atoms with E-state index in [1.807, 2.05) is 9.80 Å². The SMILES string of the molecule is O=C(C1CCOCC1)N1CCC[C@]2(C1)CN(c1ncc(F)cn1)CC[C@H]2O. The molecule has 1 amide bonds. The maximum Gasteiger partial charge on any atom is 0.225 e. The lowest BCUT2D eigenvalue weighted by Gasteiger charge is -2.51. The van der Waals surface area contributed by atoms with Crippen molar-refractivity contribution in [3.8, 4) is 0 Å². The number of aliphatic hydroxyl groups excluding tert-OH is 1. The number of piperidine rings is 2. The third-order valence-corrected chi connectivity index (χ3v) is 6.27. The Morgan fingerprint density at radius 2 is 1.93 bits per heavy atom. The normalized spacial score (nSPS) is 29.9. The summed E-state index contributed by atoms with van der Waals surface area (Å²) in [6.45, 7) is 3.81. The predicted octanol–water partition coefficient (Wildman–Crippen LogP) is 1.22. The van der Waals surface area contributed by atoms with E-state index in [4.69, 9.17) is 4.74 Å². The van der Waals surface area contributed by atoms with E-state index >= 15 is 0 Å². The summed E-state index contributed by atoms with van der Waals surface area (Å²) >= 11 is 0. The van der Waals surface area contributed by atoms with E-state index in [0.717, 1.165) is 32.2 Å². The molecule has 0 unspecified atom stereocenters. The lowest BCUT2D eigenvalue weighted by molar-refractivity contribution is -0.145. The number of hydrogen-bond acceptors (Lipinski definition) is 6. The lowest BCUT2D eigenvalue weighted by atomic mass is 9.71. The number of rotatable bonds is 2. The van der Waals surface area contributed by atoms with E-state index in [-0.39, 0.29) is 17.2 Å². The number of anilines is 1. The predicted molar refractivity (Wildman–Crippen MR) is 96.6 cm³/mol. The number of likely N-dealkylation sites (tertiary alicyclic amines) is 1. The Balaban J connectivity index is 1.49. The highest BCUT2D eigenvalue weighted by atomic mass is 19.1. The lowest BCUT2D eigenvalue weighted by Crippen LogP contribution is -2.60. The molecule has 148 valence electrons. The van der Waals surface area contributed by atoms with E-state index in [1.54, 1.807) is 0 Å². The average molecular weight is 378 g/mol. The minimum Gasteiger partial charge on any atom is -0.392 e. The summed E-state index contributed by atoms with van der Waals surface area (Å²) in [6.07, 6.45) is 5.78. The second-order valence-electron chi connectivity index (χ2n) is 8.04. The van der Waals surface area contributed by atoms with Crippen molar-refractivity contribution in [2.24, 2.45) is 11.3 Å². The molecule has 0 saturated carbocycles. The van der Waals surface area contributed by atoms with Gasteiger partial charge in [-0.2, -0.15) is 0 Å². The summed E-state index contributed by atoms with van der Waals surface area (Å²) in [5.41, 5.74) is -0.380. The Labute approximate surface area is 158 Å². The molecule has 0 bridgehead atoms. The third-order valence-electron chi connectivity index (χ3n) is 6.27. The number of aromatic nitrogens is 2. The first-order valence-corrected chi connectivity index (χ1v) is 9.84. The zero-order valence-electron chi connectivity index (χ0n) is 15.5. The standard InChI is InChI=1S/C19H27FN4O3/c20-15-10-21-18(22-11-15)24-7-2-16(25)19(13-24)5-1-6-23(12-19)17(26)14-3-8-27-9-4-14/h10-11,14,16,25H,1-9,12-13H2/t16-,19+/m1/s1. The molecule has 1 aromatic rings. The number of carbonyl (C=O) groups excluding carboxylic acids is 1. The quantitative estimate of drug-likeness (QED) is 0.834. The molecule has 7 nitrogen and oxygen atoms in total. The summed E-state index contributed by atoms with van der Waals surface area (Å²) in [5.74, 6) is 0.248. The summed E-state index contributed by atoms with van der Waals surface area (Å²) in [6, 6.07) is 0. The number of ether oxygens (including phenoxy) is 1.